The summed E-state index contributed by atoms with van der Waals surface area (Å²) in [6.45, 7) is 2.71. The monoisotopic (exact) mass is 474 g/mol. The second kappa shape index (κ2) is 14.7. The van der Waals surface area contributed by atoms with Gasteiger partial charge in [-0.1, -0.05) is 13.8 Å². The molecular weight excluding hydrogens is 440 g/mol. The van der Waals surface area contributed by atoms with Gasteiger partial charge in [-0.3, -0.25) is 24.0 Å². The van der Waals surface area contributed by atoms with Gasteiger partial charge >= 0.3 is 5.97 Å². The van der Waals surface area contributed by atoms with Crippen LogP contribution in [0.3, 0.4) is 0 Å². The molecule has 0 saturated carbocycles. The summed E-state index contributed by atoms with van der Waals surface area (Å²) in [4.78, 5) is 70.4. The molecule has 0 aromatic carbocycles. The molecule has 11 N–H and O–H groups in total. The number of carboxylic acid groups (broad SMARTS) is 1. The second-order valence-corrected chi connectivity index (χ2v) is 7.95. The van der Waals surface area contributed by atoms with Gasteiger partial charge in [0.1, 0.15) is 18.1 Å². The Morgan fingerprint density at radius 2 is 1.21 bits per heavy atom. The minimum Gasteiger partial charge on any atom is -0.480 e. The summed E-state index contributed by atoms with van der Waals surface area (Å²) in [6.07, 6.45) is -0.566. The summed E-state index contributed by atoms with van der Waals surface area (Å²) in [5.41, 5.74) is 15.7. The number of hydrogen-bond acceptors (Lipinski definition) is 8. The van der Waals surface area contributed by atoms with Gasteiger partial charge in [-0.25, -0.2) is 4.79 Å². The highest BCUT2D eigenvalue weighted by atomic mass is 16.4. The summed E-state index contributed by atoms with van der Waals surface area (Å²) in [7, 11) is 0. The van der Waals surface area contributed by atoms with E-state index in [-0.39, 0.29) is 38.0 Å². The third-order valence-corrected chi connectivity index (χ3v) is 4.49. The first kappa shape index (κ1) is 29.7. The standard InChI is InChI=1S/C19H34N6O8/c1-9(2)7-12(24-16(29)10(20)3-5-14(21)27)17(30)25-13(8-26)18(31)23-11(19(32)33)4-6-15(22)28/h9-13,26H,3-8,20H2,1-2H3,(H2,21,27)(H2,22,28)(H,23,31)(H,24,29)(H,25,30)(H,32,33). The normalized spacial score (nSPS) is 14.5. The molecule has 188 valence electrons. The lowest BCUT2D eigenvalue weighted by atomic mass is 10.0. The Morgan fingerprint density at radius 1 is 0.758 bits per heavy atom. The molecule has 0 radical (unpaired) electrons. The van der Waals surface area contributed by atoms with E-state index in [2.05, 4.69) is 16.0 Å². The zero-order valence-electron chi connectivity index (χ0n) is 18.7. The highest BCUT2D eigenvalue weighted by molar-refractivity contribution is 5.94. The summed E-state index contributed by atoms with van der Waals surface area (Å²) in [6, 6.07) is -5.21. The van der Waals surface area contributed by atoms with Crippen LogP contribution in [0.1, 0.15) is 46.0 Å². The Balaban J connectivity index is 5.22. The number of amides is 5. The zero-order chi connectivity index (χ0) is 25.7. The van der Waals surface area contributed by atoms with Gasteiger partial charge in [-0.05, 0) is 25.2 Å². The fourth-order valence-corrected chi connectivity index (χ4v) is 2.69. The number of aliphatic hydroxyl groups excluding tert-OH is 1. The minimum atomic E-state index is -1.52. The summed E-state index contributed by atoms with van der Waals surface area (Å²) in [5, 5.41) is 25.5. The molecule has 4 atom stereocenters. The number of carbonyl (C=O) groups excluding carboxylic acids is 5. The van der Waals surface area contributed by atoms with Crippen molar-refractivity contribution in [3.8, 4) is 0 Å². The number of rotatable bonds is 16. The molecule has 0 fully saturated rings. The quantitative estimate of drug-likeness (QED) is 0.110. The molecule has 14 nitrogen and oxygen atoms in total. The Morgan fingerprint density at radius 3 is 1.67 bits per heavy atom. The Labute approximate surface area is 191 Å². The number of nitrogens with one attached hydrogen (secondary N) is 3. The molecule has 0 aliphatic carbocycles. The van der Waals surface area contributed by atoms with E-state index in [0.29, 0.717) is 0 Å². The van der Waals surface area contributed by atoms with Gasteiger partial charge in [0.05, 0.1) is 12.6 Å². The average molecular weight is 475 g/mol. The number of carboxylic acids is 1. The molecule has 0 spiro atoms. The maximum atomic E-state index is 12.7. The number of carbonyl (C=O) groups is 6. The maximum Gasteiger partial charge on any atom is 0.326 e. The molecule has 0 bridgehead atoms. The van der Waals surface area contributed by atoms with Crippen LogP contribution in [0.4, 0.5) is 0 Å². The highest BCUT2D eigenvalue weighted by Gasteiger charge is 2.30. The van der Waals surface area contributed by atoms with Crippen LogP contribution in [0.15, 0.2) is 0 Å². The number of nitrogens with two attached hydrogens (primary N) is 3. The molecule has 0 aliphatic heterocycles. The third-order valence-electron chi connectivity index (χ3n) is 4.49. The van der Waals surface area contributed by atoms with Gasteiger partial charge in [0.25, 0.3) is 0 Å². The molecule has 0 saturated heterocycles. The van der Waals surface area contributed by atoms with Crippen LogP contribution in [-0.2, 0) is 28.8 Å². The fraction of sp³-hybridized carbons (Fsp3) is 0.684. The zero-order valence-corrected chi connectivity index (χ0v) is 18.7. The molecule has 33 heavy (non-hydrogen) atoms. The van der Waals surface area contributed by atoms with Crippen molar-refractivity contribution in [2.24, 2.45) is 23.1 Å². The molecule has 0 aliphatic rings. The minimum absolute atomic E-state index is 0.0270. The molecule has 0 aromatic heterocycles. The maximum absolute atomic E-state index is 12.7. The molecule has 0 heterocycles. The van der Waals surface area contributed by atoms with Gasteiger partial charge in [-0.15, -0.1) is 0 Å². The first-order chi connectivity index (χ1) is 15.3. The Bertz CT molecular complexity index is 729. The first-order valence-corrected chi connectivity index (χ1v) is 10.3. The predicted octanol–water partition coefficient (Wildman–Crippen LogP) is -3.58. The summed E-state index contributed by atoms with van der Waals surface area (Å²) >= 11 is 0. The van der Waals surface area contributed by atoms with E-state index in [1.165, 1.54) is 0 Å². The van der Waals surface area contributed by atoms with E-state index < -0.39 is 66.3 Å². The summed E-state index contributed by atoms with van der Waals surface area (Å²) in [5.74, 6) is -5.41. The summed E-state index contributed by atoms with van der Waals surface area (Å²) < 4.78 is 0. The topological polar surface area (TPSA) is 257 Å². The number of aliphatic hydroxyl groups is 1. The largest absolute Gasteiger partial charge is 0.480 e. The van der Waals surface area contributed by atoms with Crippen molar-refractivity contribution in [2.45, 2.75) is 70.1 Å². The van der Waals surface area contributed by atoms with E-state index in [9.17, 15) is 39.0 Å². The van der Waals surface area contributed by atoms with Crippen LogP contribution < -0.4 is 33.2 Å². The van der Waals surface area contributed by atoms with E-state index in [1.807, 2.05) is 0 Å². The lowest BCUT2D eigenvalue weighted by Gasteiger charge is -2.25. The Hall–Kier alpha value is -3.26. The lowest BCUT2D eigenvalue weighted by molar-refractivity contribution is -0.143. The average Bonchev–Trinajstić information content (AvgIpc) is 2.71. The van der Waals surface area contributed by atoms with Crippen molar-refractivity contribution in [3.63, 3.8) is 0 Å². The van der Waals surface area contributed by atoms with Crippen molar-refractivity contribution < 1.29 is 39.0 Å². The second-order valence-electron chi connectivity index (χ2n) is 7.95. The third kappa shape index (κ3) is 12.4. The predicted molar refractivity (Wildman–Crippen MR) is 115 cm³/mol. The van der Waals surface area contributed by atoms with Crippen molar-refractivity contribution in [1.82, 2.24) is 16.0 Å². The van der Waals surface area contributed by atoms with Gasteiger partial charge < -0.3 is 43.4 Å². The van der Waals surface area contributed by atoms with E-state index in [1.54, 1.807) is 13.8 Å². The SMILES string of the molecule is CC(C)CC(NC(=O)C(N)CCC(N)=O)C(=O)NC(CO)C(=O)NC(CCC(N)=O)C(=O)O. The van der Waals surface area contributed by atoms with Crippen molar-refractivity contribution in [1.29, 1.82) is 0 Å². The van der Waals surface area contributed by atoms with Crippen LogP contribution in [-0.4, -0.2) is 76.5 Å². The molecule has 4 unspecified atom stereocenters. The van der Waals surface area contributed by atoms with Gasteiger partial charge in [0.2, 0.25) is 29.5 Å². The van der Waals surface area contributed by atoms with E-state index in [0.717, 1.165) is 0 Å². The van der Waals surface area contributed by atoms with Crippen LogP contribution >= 0.6 is 0 Å². The van der Waals surface area contributed by atoms with Gasteiger partial charge in [0.15, 0.2) is 0 Å². The van der Waals surface area contributed by atoms with E-state index >= 15 is 0 Å². The molecule has 0 aromatic rings. The number of hydrogen-bond donors (Lipinski definition) is 8. The molecule has 0 rings (SSSR count). The molecule has 14 heteroatoms. The van der Waals surface area contributed by atoms with Crippen molar-refractivity contribution >= 4 is 35.5 Å². The molecule has 5 amide bonds. The van der Waals surface area contributed by atoms with Crippen LogP contribution in [0.2, 0.25) is 0 Å². The van der Waals surface area contributed by atoms with Crippen LogP contribution in [0.5, 0.6) is 0 Å². The first-order valence-electron chi connectivity index (χ1n) is 10.3. The van der Waals surface area contributed by atoms with Crippen LogP contribution in [0, 0.1) is 5.92 Å². The van der Waals surface area contributed by atoms with Crippen molar-refractivity contribution in [2.75, 3.05) is 6.61 Å². The highest BCUT2D eigenvalue weighted by Crippen LogP contribution is 2.07. The fourth-order valence-electron chi connectivity index (χ4n) is 2.69. The smallest absolute Gasteiger partial charge is 0.326 e. The number of primary amides is 2. The lowest BCUT2D eigenvalue weighted by Crippen LogP contribution is -2.58. The molecular formula is C19H34N6O8. The van der Waals surface area contributed by atoms with Gasteiger partial charge in [-0.2, -0.15) is 0 Å². The number of aliphatic carboxylic acids is 1. The van der Waals surface area contributed by atoms with Crippen LogP contribution in [0.25, 0.3) is 0 Å². The Kier molecular flexibility index (Phi) is 13.3. The van der Waals surface area contributed by atoms with Gasteiger partial charge in [0, 0.05) is 12.8 Å². The van der Waals surface area contributed by atoms with E-state index in [4.69, 9.17) is 17.2 Å². The van der Waals surface area contributed by atoms with Crippen molar-refractivity contribution in [3.05, 3.63) is 0 Å².